The lowest BCUT2D eigenvalue weighted by Gasteiger charge is -2.02. The molecule has 0 heterocycles. The van der Waals surface area contributed by atoms with Crippen LogP contribution in [0.15, 0.2) is 13.2 Å². The van der Waals surface area contributed by atoms with Crippen molar-refractivity contribution in [2.45, 2.75) is 6.18 Å². The monoisotopic (exact) mass is 172 g/mol. The van der Waals surface area contributed by atoms with Crippen molar-refractivity contribution in [1.82, 2.24) is 0 Å². The molecule has 0 aliphatic carbocycles. The molecule has 0 aromatic heterocycles. The summed E-state index contributed by atoms with van der Waals surface area (Å²) in [6.45, 7) is 4.25. The molecule has 0 saturated heterocycles. The summed E-state index contributed by atoms with van der Waals surface area (Å²) in [5.41, 5.74) is 0. The first kappa shape index (κ1) is 12.5. The Balaban J connectivity index is 0. The van der Waals surface area contributed by atoms with Gasteiger partial charge in [0.05, 0.1) is 0 Å². The van der Waals surface area contributed by atoms with Crippen molar-refractivity contribution in [2.24, 2.45) is 0 Å². The number of rotatable bonds is 1. The van der Waals surface area contributed by atoms with E-state index >= 15 is 0 Å². The summed E-state index contributed by atoms with van der Waals surface area (Å²) in [5, 5.41) is 7.55. The van der Waals surface area contributed by atoms with Crippen LogP contribution in [0, 0.1) is 0 Å². The van der Waals surface area contributed by atoms with Crippen LogP contribution in [-0.2, 0) is 4.74 Å². The van der Waals surface area contributed by atoms with Crippen molar-refractivity contribution < 1.29 is 27.8 Å². The Morgan fingerprint density at radius 3 is 1.91 bits per heavy atom. The van der Waals surface area contributed by atoms with Crippen LogP contribution in [0.4, 0.5) is 18.0 Å². The Kier molecular flexibility index (Phi) is 6.32. The van der Waals surface area contributed by atoms with Gasteiger partial charge in [-0.05, 0) is 0 Å². The van der Waals surface area contributed by atoms with Gasteiger partial charge in [-0.2, -0.15) is 13.2 Å². The second-order valence-corrected chi connectivity index (χ2v) is 1.17. The highest BCUT2D eigenvalue weighted by atomic mass is 19.4. The molecule has 0 fully saturated rings. The largest absolute Gasteiger partial charge is 0.506 e. The first-order valence-electron chi connectivity index (χ1n) is 2.34. The lowest BCUT2D eigenvalue weighted by Crippen LogP contribution is -2.19. The third kappa shape index (κ3) is 17.7. The van der Waals surface area contributed by atoms with Crippen molar-refractivity contribution in [3.8, 4) is 0 Å². The molecule has 0 rings (SSSR count). The van der Waals surface area contributed by atoms with Crippen LogP contribution in [0.2, 0.25) is 0 Å². The molecule has 11 heavy (non-hydrogen) atoms. The van der Waals surface area contributed by atoms with Crippen LogP contribution < -0.4 is 0 Å². The molecule has 0 bridgehead atoms. The molecule has 0 aromatic carbocycles. The maximum Gasteiger partial charge on any atom is 0.506 e. The Morgan fingerprint density at radius 1 is 1.45 bits per heavy atom. The molecule has 0 amide bonds. The predicted molar refractivity (Wildman–Crippen MR) is 31.3 cm³/mol. The smallest absolute Gasteiger partial charge is 0.450 e. The van der Waals surface area contributed by atoms with Gasteiger partial charge in [-0.25, -0.2) is 4.79 Å². The lowest BCUT2D eigenvalue weighted by atomic mass is 10.7. The third-order valence-electron chi connectivity index (χ3n) is 0.359. The third-order valence-corrected chi connectivity index (χ3v) is 0.359. The van der Waals surface area contributed by atoms with Gasteiger partial charge in [-0.3, -0.25) is 0 Å². The molecule has 0 spiro atoms. The highest BCUT2D eigenvalue weighted by Gasteiger charge is 2.29. The molecule has 6 heteroatoms. The number of hydrogen-bond acceptors (Lipinski definition) is 2. The SMILES string of the molecule is C=C.O=C(O)OCC(F)(F)F. The van der Waals surface area contributed by atoms with Crippen LogP contribution in [0.25, 0.3) is 0 Å². The zero-order chi connectivity index (χ0) is 9.49. The van der Waals surface area contributed by atoms with Crippen LogP contribution in [-0.4, -0.2) is 24.0 Å². The van der Waals surface area contributed by atoms with Crippen molar-refractivity contribution in [3.05, 3.63) is 13.2 Å². The maximum atomic E-state index is 11.0. The van der Waals surface area contributed by atoms with Crippen molar-refractivity contribution in [3.63, 3.8) is 0 Å². The van der Waals surface area contributed by atoms with Gasteiger partial charge in [0.15, 0.2) is 6.61 Å². The summed E-state index contributed by atoms with van der Waals surface area (Å²) < 4.78 is 36.3. The fourth-order valence-corrected chi connectivity index (χ4v) is 0.144. The molecule has 0 atom stereocenters. The summed E-state index contributed by atoms with van der Waals surface area (Å²) in [4.78, 5) is 9.32. The molecular formula is C5H7F3O3. The van der Waals surface area contributed by atoms with Gasteiger partial charge in [-0.15, -0.1) is 13.2 Å². The zero-order valence-electron chi connectivity index (χ0n) is 5.52. The van der Waals surface area contributed by atoms with E-state index in [1.165, 1.54) is 0 Å². The van der Waals surface area contributed by atoms with E-state index in [2.05, 4.69) is 17.9 Å². The van der Waals surface area contributed by atoms with E-state index in [-0.39, 0.29) is 0 Å². The minimum absolute atomic E-state index is 1.75. The normalized spacial score (nSPS) is 9.36. The number of halogens is 3. The van der Waals surface area contributed by atoms with Gasteiger partial charge in [0.25, 0.3) is 0 Å². The van der Waals surface area contributed by atoms with Gasteiger partial charge < -0.3 is 9.84 Å². The maximum absolute atomic E-state index is 11.0. The van der Waals surface area contributed by atoms with Crippen molar-refractivity contribution >= 4 is 6.16 Å². The average Bonchev–Trinajstić information content (AvgIpc) is 1.87. The Bertz CT molecular complexity index is 121. The molecular weight excluding hydrogens is 165 g/mol. The molecule has 0 unspecified atom stereocenters. The van der Waals surface area contributed by atoms with Crippen molar-refractivity contribution in [1.29, 1.82) is 0 Å². The summed E-state index contributed by atoms with van der Waals surface area (Å²) in [7, 11) is 0. The molecule has 66 valence electrons. The minimum atomic E-state index is -4.57. The summed E-state index contributed by atoms with van der Waals surface area (Å²) >= 11 is 0. The Labute approximate surface area is 61.1 Å². The molecule has 1 N–H and O–H groups in total. The number of hydrogen-bond donors (Lipinski definition) is 1. The molecule has 3 nitrogen and oxygen atoms in total. The number of carboxylic acid groups (broad SMARTS) is 1. The zero-order valence-corrected chi connectivity index (χ0v) is 5.52. The van der Waals surface area contributed by atoms with Gasteiger partial charge in [0, 0.05) is 0 Å². The van der Waals surface area contributed by atoms with E-state index < -0.39 is 18.9 Å². The van der Waals surface area contributed by atoms with Crippen LogP contribution in [0.3, 0.4) is 0 Å². The first-order chi connectivity index (χ1) is 4.92. The van der Waals surface area contributed by atoms with Gasteiger partial charge in [0.2, 0.25) is 0 Å². The van der Waals surface area contributed by atoms with Crippen LogP contribution in [0.5, 0.6) is 0 Å². The second kappa shape index (κ2) is 5.57. The number of carbonyl (C=O) groups is 1. The summed E-state index contributed by atoms with van der Waals surface area (Å²) in [6.07, 6.45) is -6.49. The molecule has 0 saturated carbocycles. The van der Waals surface area contributed by atoms with Crippen LogP contribution >= 0.6 is 0 Å². The quantitative estimate of drug-likeness (QED) is 0.486. The Hall–Kier alpha value is -1.20. The topological polar surface area (TPSA) is 46.5 Å². The van der Waals surface area contributed by atoms with E-state index in [4.69, 9.17) is 5.11 Å². The van der Waals surface area contributed by atoms with Crippen molar-refractivity contribution in [2.75, 3.05) is 6.61 Å². The average molecular weight is 172 g/mol. The fourth-order valence-electron chi connectivity index (χ4n) is 0.144. The fraction of sp³-hybridized carbons (Fsp3) is 0.400. The molecule has 0 aliphatic heterocycles. The van der Waals surface area contributed by atoms with E-state index in [9.17, 15) is 18.0 Å². The summed E-state index contributed by atoms with van der Waals surface area (Å²) in [5.74, 6) is 0. The molecule has 0 radical (unpaired) electrons. The predicted octanol–water partition coefficient (Wildman–Crippen LogP) is 2.05. The van der Waals surface area contributed by atoms with Gasteiger partial charge >= 0.3 is 12.3 Å². The van der Waals surface area contributed by atoms with E-state index in [0.29, 0.717) is 0 Å². The van der Waals surface area contributed by atoms with E-state index in [0.717, 1.165) is 0 Å². The van der Waals surface area contributed by atoms with Gasteiger partial charge in [-0.1, -0.05) is 0 Å². The van der Waals surface area contributed by atoms with Gasteiger partial charge in [0.1, 0.15) is 0 Å². The standard InChI is InChI=1S/C3H3F3O3.C2H4/c4-3(5,6)1-9-2(7)8;1-2/h1H2,(H,7,8);1-2H2. The number of alkyl halides is 3. The van der Waals surface area contributed by atoms with E-state index in [1.807, 2.05) is 0 Å². The number of ether oxygens (including phenoxy) is 1. The Morgan fingerprint density at radius 2 is 1.82 bits per heavy atom. The molecule has 0 aliphatic rings. The minimum Gasteiger partial charge on any atom is -0.450 e. The highest BCUT2D eigenvalue weighted by molar-refractivity contribution is 5.56. The first-order valence-corrected chi connectivity index (χ1v) is 2.34. The van der Waals surface area contributed by atoms with Crippen LogP contribution in [0.1, 0.15) is 0 Å². The lowest BCUT2D eigenvalue weighted by molar-refractivity contribution is -0.163. The highest BCUT2D eigenvalue weighted by Crippen LogP contribution is 2.14. The summed E-state index contributed by atoms with van der Waals surface area (Å²) in [6, 6.07) is 0. The van der Waals surface area contributed by atoms with E-state index in [1.54, 1.807) is 0 Å². The molecule has 0 aromatic rings. The second-order valence-electron chi connectivity index (χ2n) is 1.17.